The Morgan fingerprint density at radius 1 is 1.09 bits per heavy atom. The van der Waals surface area contributed by atoms with Gasteiger partial charge in [0.25, 0.3) is 5.91 Å². The molecule has 1 fully saturated rings. The van der Waals surface area contributed by atoms with E-state index in [9.17, 15) is 9.59 Å². The van der Waals surface area contributed by atoms with Gasteiger partial charge in [-0.05, 0) is 48.1 Å². The smallest absolute Gasteiger partial charge is 0.255 e. The summed E-state index contributed by atoms with van der Waals surface area (Å²) in [6.45, 7) is 8.74. The molecule has 6 nitrogen and oxygen atoms in total. The Kier molecular flexibility index (Phi) is 7.95. The van der Waals surface area contributed by atoms with E-state index in [1.54, 1.807) is 30.9 Å². The maximum Gasteiger partial charge on any atom is 0.255 e. The zero-order valence-corrected chi connectivity index (χ0v) is 21.1. The molecule has 2 atom stereocenters. The lowest BCUT2D eigenvalue weighted by atomic mass is 9.94. The molecule has 2 aromatic rings. The number of ether oxygens (including phenoxy) is 2. The van der Waals surface area contributed by atoms with E-state index in [0.717, 1.165) is 11.1 Å². The summed E-state index contributed by atoms with van der Waals surface area (Å²) in [4.78, 5) is 28.6. The summed E-state index contributed by atoms with van der Waals surface area (Å²) in [5, 5.41) is 2.97. The average molecular weight is 471 g/mol. The Hall–Kier alpha value is -2.67. The van der Waals surface area contributed by atoms with Crippen molar-refractivity contribution in [1.82, 2.24) is 10.2 Å². The fourth-order valence-electron chi connectivity index (χ4n) is 4.06. The fraction of sp³-hybridized carbons (Fsp3) is 0.462. The molecule has 2 aromatic carbocycles. The van der Waals surface area contributed by atoms with Crippen molar-refractivity contribution in [1.29, 1.82) is 0 Å². The third-order valence-electron chi connectivity index (χ3n) is 5.81. The lowest BCUT2D eigenvalue weighted by Gasteiger charge is -2.36. The third kappa shape index (κ3) is 5.64. The Balaban J connectivity index is 1.73. The molecule has 1 aliphatic rings. The third-order valence-corrected chi connectivity index (χ3v) is 7.57. The number of hydrogen-bond donors (Lipinski definition) is 1. The molecule has 2 amide bonds. The van der Waals surface area contributed by atoms with Crippen LogP contribution >= 0.6 is 11.8 Å². The number of nitrogens with zero attached hydrogens (tertiary/aromatic N) is 1. The highest BCUT2D eigenvalue weighted by Gasteiger charge is 2.46. The molecule has 0 aliphatic carbocycles. The number of benzene rings is 2. The van der Waals surface area contributed by atoms with Gasteiger partial charge >= 0.3 is 0 Å². The van der Waals surface area contributed by atoms with Crippen LogP contribution in [-0.2, 0) is 11.2 Å². The summed E-state index contributed by atoms with van der Waals surface area (Å²) in [6, 6.07) is 12.8. The molecule has 0 saturated carbocycles. The first-order valence-electron chi connectivity index (χ1n) is 11.2. The SMILES string of the molecule is COc1ccc(CCNC(=O)C2CSC(C(C)(C)C)N2C(=O)c2ccccc2C)cc1OC. The van der Waals surface area contributed by atoms with E-state index in [0.29, 0.717) is 35.8 Å². The molecule has 1 N–H and O–H groups in total. The number of hydrogen-bond acceptors (Lipinski definition) is 5. The van der Waals surface area contributed by atoms with Crippen molar-refractivity contribution >= 4 is 23.6 Å². The van der Waals surface area contributed by atoms with Crippen molar-refractivity contribution in [2.24, 2.45) is 5.41 Å². The van der Waals surface area contributed by atoms with E-state index in [2.05, 4.69) is 26.1 Å². The van der Waals surface area contributed by atoms with Gasteiger partial charge in [0.1, 0.15) is 6.04 Å². The summed E-state index contributed by atoms with van der Waals surface area (Å²) in [7, 11) is 3.21. The Labute approximate surface area is 201 Å². The van der Waals surface area contributed by atoms with Crippen LogP contribution in [0.4, 0.5) is 0 Å². The van der Waals surface area contributed by atoms with Gasteiger partial charge in [-0.2, -0.15) is 0 Å². The first-order chi connectivity index (χ1) is 15.7. The van der Waals surface area contributed by atoms with Gasteiger partial charge in [0.15, 0.2) is 11.5 Å². The van der Waals surface area contributed by atoms with Gasteiger partial charge in [0.05, 0.1) is 19.6 Å². The maximum absolute atomic E-state index is 13.6. The molecule has 1 aliphatic heterocycles. The minimum atomic E-state index is -0.503. The minimum Gasteiger partial charge on any atom is -0.493 e. The highest BCUT2D eigenvalue weighted by molar-refractivity contribution is 8.00. The Morgan fingerprint density at radius 3 is 2.42 bits per heavy atom. The van der Waals surface area contributed by atoms with Crippen molar-refractivity contribution in [2.45, 2.75) is 45.5 Å². The van der Waals surface area contributed by atoms with Gasteiger partial charge in [0.2, 0.25) is 5.91 Å². The van der Waals surface area contributed by atoms with E-state index in [4.69, 9.17) is 9.47 Å². The molecular formula is C26H34N2O4S. The molecule has 7 heteroatoms. The van der Waals surface area contributed by atoms with Crippen LogP contribution in [0.25, 0.3) is 0 Å². The minimum absolute atomic E-state index is 0.0776. The quantitative estimate of drug-likeness (QED) is 0.654. The van der Waals surface area contributed by atoms with Crippen molar-refractivity contribution < 1.29 is 19.1 Å². The molecule has 33 heavy (non-hydrogen) atoms. The number of aryl methyl sites for hydroxylation is 1. The second kappa shape index (κ2) is 10.5. The first kappa shape index (κ1) is 25.0. The van der Waals surface area contributed by atoms with E-state index >= 15 is 0 Å². The largest absolute Gasteiger partial charge is 0.493 e. The van der Waals surface area contributed by atoms with Crippen LogP contribution in [-0.4, -0.2) is 54.6 Å². The monoisotopic (exact) mass is 470 g/mol. The van der Waals surface area contributed by atoms with Gasteiger partial charge in [-0.1, -0.05) is 45.0 Å². The predicted octanol–water partition coefficient (Wildman–Crippen LogP) is 4.30. The predicted molar refractivity (Wildman–Crippen MR) is 133 cm³/mol. The van der Waals surface area contributed by atoms with Gasteiger partial charge < -0.3 is 19.7 Å². The van der Waals surface area contributed by atoms with Crippen LogP contribution in [0.5, 0.6) is 11.5 Å². The van der Waals surface area contributed by atoms with Gasteiger partial charge in [-0.3, -0.25) is 9.59 Å². The molecule has 0 radical (unpaired) electrons. The summed E-state index contributed by atoms with van der Waals surface area (Å²) in [6.07, 6.45) is 0.653. The Bertz CT molecular complexity index is 1000. The molecule has 0 aromatic heterocycles. The number of carbonyl (C=O) groups excluding carboxylic acids is 2. The molecule has 0 spiro atoms. The van der Waals surface area contributed by atoms with Crippen LogP contribution in [0.1, 0.15) is 42.3 Å². The average Bonchev–Trinajstić information content (AvgIpc) is 3.25. The summed E-state index contributed by atoms with van der Waals surface area (Å²) < 4.78 is 10.6. The molecule has 2 unspecified atom stereocenters. The van der Waals surface area contributed by atoms with Crippen molar-refractivity contribution in [3.63, 3.8) is 0 Å². The number of amides is 2. The molecule has 1 saturated heterocycles. The van der Waals surface area contributed by atoms with Crippen molar-refractivity contribution in [3.05, 3.63) is 59.2 Å². The zero-order chi connectivity index (χ0) is 24.2. The van der Waals surface area contributed by atoms with E-state index in [1.807, 2.05) is 49.4 Å². The molecular weight excluding hydrogens is 436 g/mol. The van der Waals surface area contributed by atoms with E-state index in [1.165, 1.54) is 0 Å². The highest BCUT2D eigenvalue weighted by atomic mass is 32.2. The number of carbonyl (C=O) groups is 2. The van der Waals surface area contributed by atoms with E-state index in [-0.39, 0.29) is 22.6 Å². The zero-order valence-electron chi connectivity index (χ0n) is 20.3. The second-order valence-corrected chi connectivity index (χ2v) is 10.4. The van der Waals surface area contributed by atoms with Crippen LogP contribution in [0.15, 0.2) is 42.5 Å². The van der Waals surface area contributed by atoms with Crippen LogP contribution in [0.2, 0.25) is 0 Å². The summed E-state index contributed by atoms with van der Waals surface area (Å²) in [5.74, 6) is 1.72. The second-order valence-electron chi connectivity index (χ2n) is 9.33. The number of rotatable bonds is 7. The molecule has 3 rings (SSSR count). The van der Waals surface area contributed by atoms with Crippen LogP contribution in [0, 0.1) is 12.3 Å². The summed E-state index contributed by atoms with van der Waals surface area (Å²) in [5.41, 5.74) is 2.45. The normalized spacial score (nSPS) is 18.2. The summed E-state index contributed by atoms with van der Waals surface area (Å²) >= 11 is 1.68. The maximum atomic E-state index is 13.6. The topological polar surface area (TPSA) is 67.9 Å². The van der Waals surface area contributed by atoms with Gasteiger partial charge in [0, 0.05) is 17.9 Å². The number of nitrogens with one attached hydrogen (secondary N) is 1. The standard InChI is InChI=1S/C26H34N2O4S/c1-17-9-7-8-10-19(17)24(30)28-20(16-33-25(28)26(2,3)4)23(29)27-14-13-18-11-12-21(31-5)22(15-18)32-6/h7-12,15,20,25H,13-14,16H2,1-6H3,(H,27,29). The lowest BCUT2D eigenvalue weighted by Crippen LogP contribution is -2.52. The van der Waals surface area contributed by atoms with Gasteiger partial charge in [-0.15, -0.1) is 11.8 Å². The number of thioether (sulfide) groups is 1. The van der Waals surface area contributed by atoms with E-state index < -0.39 is 6.04 Å². The molecule has 178 valence electrons. The number of methoxy groups -OCH3 is 2. The molecule has 1 heterocycles. The fourth-order valence-corrected chi connectivity index (χ4v) is 5.64. The lowest BCUT2D eigenvalue weighted by molar-refractivity contribution is -0.125. The highest BCUT2D eigenvalue weighted by Crippen LogP contribution is 2.41. The van der Waals surface area contributed by atoms with Crippen LogP contribution in [0.3, 0.4) is 0 Å². The van der Waals surface area contributed by atoms with Crippen molar-refractivity contribution in [3.8, 4) is 11.5 Å². The van der Waals surface area contributed by atoms with Gasteiger partial charge in [-0.25, -0.2) is 0 Å². The Morgan fingerprint density at radius 2 is 1.79 bits per heavy atom. The van der Waals surface area contributed by atoms with Crippen LogP contribution < -0.4 is 14.8 Å². The molecule has 0 bridgehead atoms. The van der Waals surface area contributed by atoms with Crippen molar-refractivity contribution in [2.75, 3.05) is 26.5 Å². The first-order valence-corrected chi connectivity index (χ1v) is 12.2.